The molecule has 24 heavy (non-hydrogen) atoms. The first-order valence-corrected chi connectivity index (χ1v) is 9.99. The SMILES string of the molecule is S=C(Nc1ccc(Br)cc1)N(CC1CC=CCC1)CC1CCCO1. The number of allylic oxidation sites excluding steroid dienone is 2. The van der Waals surface area contributed by atoms with Crippen LogP contribution in [0.15, 0.2) is 40.9 Å². The Kier molecular flexibility index (Phi) is 6.69. The van der Waals surface area contributed by atoms with Gasteiger partial charge in [0.05, 0.1) is 6.10 Å². The molecular formula is C19H25BrN2OS. The number of thiocarbonyl (C=S) groups is 1. The van der Waals surface area contributed by atoms with Crippen molar-refractivity contribution in [2.45, 2.75) is 38.2 Å². The smallest absolute Gasteiger partial charge is 0.173 e. The van der Waals surface area contributed by atoms with Crippen LogP contribution in [-0.4, -0.2) is 35.8 Å². The van der Waals surface area contributed by atoms with E-state index in [1.54, 1.807) is 0 Å². The molecule has 2 atom stereocenters. The molecule has 0 bridgehead atoms. The van der Waals surface area contributed by atoms with Gasteiger partial charge in [-0.2, -0.15) is 0 Å². The summed E-state index contributed by atoms with van der Waals surface area (Å²) in [6, 6.07) is 8.15. The zero-order chi connectivity index (χ0) is 16.8. The molecule has 0 aromatic heterocycles. The number of hydrogen-bond acceptors (Lipinski definition) is 2. The Balaban J connectivity index is 1.63. The van der Waals surface area contributed by atoms with Crippen LogP contribution in [0.5, 0.6) is 0 Å². The Hall–Kier alpha value is -0.910. The molecule has 0 radical (unpaired) electrons. The van der Waals surface area contributed by atoms with Gasteiger partial charge < -0.3 is 15.0 Å². The quantitative estimate of drug-likeness (QED) is 0.548. The van der Waals surface area contributed by atoms with Crippen LogP contribution < -0.4 is 5.32 Å². The van der Waals surface area contributed by atoms with Gasteiger partial charge in [0.2, 0.25) is 0 Å². The van der Waals surface area contributed by atoms with Gasteiger partial charge in [-0.3, -0.25) is 0 Å². The Morgan fingerprint density at radius 1 is 1.21 bits per heavy atom. The van der Waals surface area contributed by atoms with Crippen molar-refractivity contribution < 1.29 is 4.74 Å². The number of nitrogens with one attached hydrogen (secondary N) is 1. The van der Waals surface area contributed by atoms with E-state index in [2.05, 4.69) is 38.3 Å². The Morgan fingerprint density at radius 3 is 2.71 bits per heavy atom. The minimum atomic E-state index is 0.314. The second-order valence-electron chi connectivity index (χ2n) is 6.63. The summed E-state index contributed by atoms with van der Waals surface area (Å²) in [4.78, 5) is 2.32. The van der Waals surface area contributed by atoms with E-state index in [-0.39, 0.29) is 0 Å². The van der Waals surface area contributed by atoms with Gasteiger partial charge >= 0.3 is 0 Å². The van der Waals surface area contributed by atoms with Crippen LogP contribution >= 0.6 is 28.1 Å². The number of anilines is 1. The molecule has 130 valence electrons. The van der Waals surface area contributed by atoms with Gasteiger partial charge in [-0.15, -0.1) is 0 Å². The van der Waals surface area contributed by atoms with Crippen molar-refractivity contribution in [3.05, 3.63) is 40.9 Å². The number of rotatable bonds is 5. The molecule has 1 aliphatic heterocycles. The van der Waals surface area contributed by atoms with Gasteiger partial charge in [-0.05, 0) is 74.5 Å². The molecule has 0 amide bonds. The molecule has 0 spiro atoms. The summed E-state index contributed by atoms with van der Waals surface area (Å²) < 4.78 is 6.91. The van der Waals surface area contributed by atoms with Crippen LogP contribution in [0.1, 0.15) is 32.1 Å². The Bertz CT molecular complexity index is 569. The van der Waals surface area contributed by atoms with Gasteiger partial charge in [0.15, 0.2) is 5.11 Å². The maximum absolute atomic E-state index is 5.84. The number of ether oxygens (including phenoxy) is 1. The highest BCUT2D eigenvalue weighted by molar-refractivity contribution is 9.10. The summed E-state index contributed by atoms with van der Waals surface area (Å²) in [5.41, 5.74) is 1.03. The third kappa shape index (κ3) is 5.30. The lowest BCUT2D eigenvalue weighted by atomic mass is 9.94. The number of halogens is 1. The predicted molar refractivity (Wildman–Crippen MR) is 107 cm³/mol. The average Bonchev–Trinajstić information content (AvgIpc) is 3.10. The van der Waals surface area contributed by atoms with Crippen LogP contribution in [0.2, 0.25) is 0 Å². The van der Waals surface area contributed by atoms with Gasteiger partial charge in [0.25, 0.3) is 0 Å². The van der Waals surface area contributed by atoms with Gasteiger partial charge in [0, 0.05) is 29.9 Å². The molecule has 2 unspecified atom stereocenters. The fourth-order valence-corrected chi connectivity index (χ4v) is 3.88. The largest absolute Gasteiger partial charge is 0.376 e. The highest BCUT2D eigenvalue weighted by atomic mass is 79.9. The number of hydrogen-bond donors (Lipinski definition) is 1. The molecule has 5 heteroatoms. The van der Waals surface area contributed by atoms with Crippen LogP contribution in [0.4, 0.5) is 5.69 Å². The summed E-state index contributed by atoms with van der Waals surface area (Å²) in [7, 11) is 0. The zero-order valence-electron chi connectivity index (χ0n) is 13.9. The van der Waals surface area contributed by atoms with Gasteiger partial charge in [-0.1, -0.05) is 28.1 Å². The van der Waals surface area contributed by atoms with Gasteiger partial charge in [-0.25, -0.2) is 0 Å². The molecule has 1 aromatic carbocycles. The molecule has 2 aliphatic rings. The first kappa shape index (κ1) is 17.9. The molecule has 3 nitrogen and oxygen atoms in total. The lowest BCUT2D eigenvalue weighted by Gasteiger charge is -2.32. The molecule has 1 saturated heterocycles. The molecule has 3 rings (SSSR count). The van der Waals surface area contributed by atoms with Crippen molar-refractivity contribution in [3.63, 3.8) is 0 Å². The predicted octanol–water partition coefficient (Wildman–Crippen LogP) is 4.98. The van der Waals surface area contributed by atoms with Crippen LogP contribution in [0, 0.1) is 5.92 Å². The summed E-state index contributed by atoms with van der Waals surface area (Å²) in [6.45, 7) is 2.78. The van der Waals surface area contributed by atoms with E-state index in [0.717, 1.165) is 54.2 Å². The topological polar surface area (TPSA) is 24.5 Å². The maximum Gasteiger partial charge on any atom is 0.173 e. The molecule has 1 aliphatic carbocycles. The third-order valence-corrected chi connectivity index (χ3v) is 5.58. The van der Waals surface area contributed by atoms with Crippen molar-refractivity contribution in [3.8, 4) is 0 Å². The van der Waals surface area contributed by atoms with Crippen molar-refractivity contribution in [2.24, 2.45) is 5.92 Å². The number of benzene rings is 1. The summed E-state index contributed by atoms with van der Waals surface area (Å²) in [5, 5.41) is 4.20. The molecule has 0 saturated carbocycles. The van der Waals surface area contributed by atoms with E-state index in [4.69, 9.17) is 17.0 Å². The first-order valence-electron chi connectivity index (χ1n) is 8.79. The standard InChI is InChI=1S/C19H25BrN2OS/c20-16-8-10-17(11-9-16)21-19(24)22(14-18-7-4-12-23-18)13-15-5-2-1-3-6-15/h1-2,8-11,15,18H,3-7,12-14H2,(H,21,24). The summed E-state index contributed by atoms with van der Waals surface area (Å²) >= 11 is 9.19. The third-order valence-electron chi connectivity index (χ3n) is 4.69. The minimum Gasteiger partial charge on any atom is -0.376 e. The molecule has 1 fully saturated rings. The maximum atomic E-state index is 5.84. The zero-order valence-corrected chi connectivity index (χ0v) is 16.3. The van der Waals surface area contributed by atoms with E-state index in [1.807, 2.05) is 24.3 Å². The Morgan fingerprint density at radius 2 is 2.04 bits per heavy atom. The monoisotopic (exact) mass is 408 g/mol. The van der Waals surface area contributed by atoms with Gasteiger partial charge in [0.1, 0.15) is 0 Å². The van der Waals surface area contributed by atoms with Crippen molar-refractivity contribution in [2.75, 3.05) is 25.0 Å². The Labute approximate surface area is 158 Å². The molecule has 1 heterocycles. The minimum absolute atomic E-state index is 0.314. The van der Waals surface area contributed by atoms with E-state index >= 15 is 0 Å². The number of nitrogens with zero attached hydrogens (tertiary/aromatic N) is 1. The van der Waals surface area contributed by atoms with E-state index in [1.165, 1.54) is 12.8 Å². The lowest BCUT2D eigenvalue weighted by molar-refractivity contribution is 0.0882. The highest BCUT2D eigenvalue weighted by Gasteiger charge is 2.23. The highest BCUT2D eigenvalue weighted by Crippen LogP contribution is 2.22. The van der Waals surface area contributed by atoms with Crippen molar-refractivity contribution in [1.82, 2.24) is 4.90 Å². The fraction of sp³-hybridized carbons (Fsp3) is 0.526. The summed E-state index contributed by atoms with van der Waals surface area (Å²) in [5.74, 6) is 0.682. The van der Waals surface area contributed by atoms with E-state index in [0.29, 0.717) is 12.0 Å². The van der Waals surface area contributed by atoms with E-state index < -0.39 is 0 Å². The second-order valence-corrected chi connectivity index (χ2v) is 7.93. The second kappa shape index (κ2) is 8.97. The molecule has 1 N–H and O–H groups in total. The van der Waals surface area contributed by atoms with Crippen LogP contribution in [0.3, 0.4) is 0 Å². The normalized spacial score (nSPS) is 23.2. The van der Waals surface area contributed by atoms with E-state index in [9.17, 15) is 0 Å². The average molecular weight is 409 g/mol. The fourth-order valence-electron chi connectivity index (χ4n) is 3.34. The summed E-state index contributed by atoms with van der Waals surface area (Å²) in [6.07, 6.45) is 10.8. The van der Waals surface area contributed by atoms with Crippen LogP contribution in [-0.2, 0) is 4.74 Å². The van der Waals surface area contributed by atoms with Crippen molar-refractivity contribution >= 4 is 38.9 Å². The van der Waals surface area contributed by atoms with Crippen molar-refractivity contribution in [1.29, 1.82) is 0 Å². The molecular weight excluding hydrogens is 384 g/mol. The van der Waals surface area contributed by atoms with Crippen LogP contribution in [0.25, 0.3) is 0 Å². The molecule has 1 aromatic rings. The lowest BCUT2D eigenvalue weighted by Crippen LogP contribution is -2.42. The first-order chi connectivity index (χ1) is 11.7.